The van der Waals surface area contributed by atoms with Crippen molar-refractivity contribution in [2.45, 2.75) is 44.8 Å². The fourth-order valence-electron chi connectivity index (χ4n) is 2.84. The molecule has 1 aromatic heterocycles. The SMILES string of the molecule is CN(Cc1n[nH]c2c1CCC2)C(=O)C1CCCO1. The minimum Gasteiger partial charge on any atom is -0.368 e. The maximum atomic E-state index is 12.1. The monoisotopic (exact) mass is 249 g/mol. The zero-order chi connectivity index (χ0) is 12.5. The molecular weight excluding hydrogens is 230 g/mol. The number of H-pyrrole nitrogens is 1. The second-order valence-corrected chi connectivity index (χ2v) is 5.18. The van der Waals surface area contributed by atoms with Crippen LogP contribution < -0.4 is 0 Å². The minimum absolute atomic E-state index is 0.0854. The smallest absolute Gasteiger partial charge is 0.251 e. The Hall–Kier alpha value is -1.36. The lowest BCUT2D eigenvalue weighted by Gasteiger charge is -2.20. The van der Waals surface area contributed by atoms with Crippen LogP contribution in [-0.2, 0) is 28.9 Å². The standard InChI is InChI=1S/C13H19N3O2/c1-16(13(17)12-6-3-7-18-12)8-11-9-4-2-5-10(9)14-15-11/h12H,2-8H2,1H3,(H,14,15). The van der Waals surface area contributed by atoms with Gasteiger partial charge in [-0.25, -0.2) is 0 Å². The van der Waals surface area contributed by atoms with Gasteiger partial charge in [-0.1, -0.05) is 0 Å². The number of nitrogens with zero attached hydrogens (tertiary/aromatic N) is 2. The lowest BCUT2D eigenvalue weighted by Crippen LogP contribution is -2.35. The number of carbonyl (C=O) groups is 1. The summed E-state index contributed by atoms with van der Waals surface area (Å²) in [5.41, 5.74) is 3.60. The van der Waals surface area contributed by atoms with Crippen molar-refractivity contribution in [3.8, 4) is 0 Å². The fourth-order valence-corrected chi connectivity index (χ4v) is 2.84. The number of likely N-dealkylation sites (N-methyl/N-ethyl adjacent to an activating group) is 1. The molecule has 1 saturated heterocycles. The number of amides is 1. The van der Waals surface area contributed by atoms with Gasteiger partial charge in [-0.05, 0) is 37.7 Å². The van der Waals surface area contributed by atoms with E-state index in [4.69, 9.17) is 4.74 Å². The van der Waals surface area contributed by atoms with Gasteiger partial charge in [0.25, 0.3) is 5.91 Å². The Labute approximate surface area is 107 Å². The largest absolute Gasteiger partial charge is 0.368 e. The van der Waals surface area contributed by atoms with E-state index in [2.05, 4.69) is 10.2 Å². The Morgan fingerprint density at radius 1 is 1.50 bits per heavy atom. The van der Waals surface area contributed by atoms with E-state index in [1.165, 1.54) is 17.7 Å². The van der Waals surface area contributed by atoms with Crippen molar-refractivity contribution in [2.75, 3.05) is 13.7 Å². The van der Waals surface area contributed by atoms with Crippen LogP contribution in [0, 0.1) is 0 Å². The highest BCUT2D eigenvalue weighted by molar-refractivity contribution is 5.80. The maximum Gasteiger partial charge on any atom is 0.251 e. The molecule has 2 heterocycles. The van der Waals surface area contributed by atoms with Crippen LogP contribution in [0.2, 0.25) is 0 Å². The van der Waals surface area contributed by atoms with Crippen molar-refractivity contribution in [1.82, 2.24) is 15.1 Å². The number of nitrogens with one attached hydrogen (secondary N) is 1. The Morgan fingerprint density at radius 3 is 3.17 bits per heavy atom. The molecule has 5 nitrogen and oxygen atoms in total. The summed E-state index contributed by atoms with van der Waals surface area (Å²) in [6.07, 6.45) is 4.97. The van der Waals surface area contributed by atoms with E-state index in [-0.39, 0.29) is 12.0 Å². The number of rotatable bonds is 3. The number of aryl methyl sites for hydroxylation is 1. The van der Waals surface area contributed by atoms with Gasteiger partial charge in [0.2, 0.25) is 0 Å². The molecule has 1 aromatic rings. The normalized spacial score (nSPS) is 22.2. The average molecular weight is 249 g/mol. The Balaban J connectivity index is 1.66. The van der Waals surface area contributed by atoms with Crippen LogP contribution in [0.4, 0.5) is 0 Å². The van der Waals surface area contributed by atoms with E-state index in [9.17, 15) is 4.79 Å². The van der Waals surface area contributed by atoms with Crippen LogP contribution in [0.25, 0.3) is 0 Å². The van der Waals surface area contributed by atoms with Crippen molar-refractivity contribution in [3.63, 3.8) is 0 Å². The molecule has 1 unspecified atom stereocenters. The van der Waals surface area contributed by atoms with Crippen molar-refractivity contribution < 1.29 is 9.53 Å². The van der Waals surface area contributed by atoms with E-state index in [1.807, 2.05) is 7.05 Å². The van der Waals surface area contributed by atoms with Crippen LogP contribution in [-0.4, -0.2) is 40.8 Å². The maximum absolute atomic E-state index is 12.1. The molecule has 0 aromatic carbocycles. The zero-order valence-electron chi connectivity index (χ0n) is 10.7. The predicted molar refractivity (Wildman–Crippen MR) is 66.1 cm³/mol. The van der Waals surface area contributed by atoms with Gasteiger partial charge in [0, 0.05) is 19.3 Å². The summed E-state index contributed by atoms with van der Waals surface area (Å²) >= 11 is 0. The third-order valence-electron chi connectivity index (χ3n) is 3.86. The zero-order valence-corrected chi connectivity index (χ0v) is 10.7. The molecule has 18 heavy (non-hydrogen) atoms. The van der Waals surface area contributed by atoms with E-state index < -0.39 is 0 Å². The van der Waals surface area contributed by atoms with E-state index in [0.717, 1.165) is 31.4 Å². The highest BCUT2D eigenvalue weighted by Crippen LogP contribution is 2.24. The van der Waals surface area contributed by atoms with E-state index in [1.54, 1.807) is 4.90 Å². The van der Waals surface area contributed by atoms with Crippen molar-refractivity contribution in [2.24, 2.45) is 0 Å². The summed E-state index contributed by atoms with van der Waals surface area (Å²) in [6, 6.07) is 0. The van der Waals surface area contributed by atoms with Crippen LogP contribution in [0.5, 0.6) is 0 Å². The summed E-state index contributed by atoms with van der Waals surface area (Å²) in [7, 11) is 1.83. The fraction of sp³-hybridized carbons (Fsp3) is 0.692. The first kappa shape index (κ1) is 11.7. The molecule has 2 aliphatic rings. The molecule has 98 valence electrons. The number of hydrogen-bond acceptors (Lipinski definition) is 3. The summed E-state index contributed by atoms with van der Waals surface area (Å²) < 4.78 is 5.43. The third kappa shape index (κ3) is 2.03. The topological polar surface area (TPSA) is 58.2 Å². The predicted octanol–water partition coefficient (Wildman–Crippen LogP) is 1.04. The van der Waals surface area contributed by atoms with Gasteiger partial charge in [-0.3, -0.25) is 9.89 Å². The molecular formula is C13H19N3O2. The summed E-state index contributed by atoms with van der Waals surface area (Å²) in [4.78, 5) is 13.9. The summed E-state index contributed by atoms with van der Waals surface area (Å²) in [6.45, 7) is 1.30. The second kappa shape index (κ2) is 4.72. The molecule has 1 amide bonds. The molecule has 1 N–H and O–H groups in total. The highest BCUT2D eigenvalue weighted by atomic mass is 16.5. The Morgan fingerprint density at radius 2 is 2.39 bits per heavy atom. The molecule has 0 saturated carbocycles. The Kier molecular flexibility index (Phi) is 3.07. The van der Waals surface area contributed by atoms with E-state index in [0.29, 0.717) is 13.2 Å². The molecule has 1 fully saturated rings. The molecule has 0 radical (unpaired) electrons. The van der Waals surface area contributed by atoms with Crippen LogP contribution >= 0.6 is 0 Å². The molecule has 1 atom stereocenters. The molecule has 3 rings (SSSR count). The van der Waals surface area contributed by atoms with Crippen LogP contribution in [0.15, 0.2) is 0 Å². The number of fused-ring (bicyclic) bond motifs is 1. The molecule has 1 aliphatic heterocycles. The van der Waals surface area contributed by atoms with Gasteiger partial charge >= 0.3 is 0 Å². The van der Waals surface area contributed by atoms with Crippen molar-refractivity contribution in [1.29, 1.82) is 0 Å². The Bertz CT molecular complexity index is 449. The first-order chi connectivity index (χ1) is 8.75. The summed E-state index contributed by atoms with van der Waals surface area (Å²) in [5.74, 6) is 0.0854. The lowest BCUT2D eigenvalue weighted by molar-refractivity contribution is -0.140. The number of aromatic nitrogens is 2. The molecule has 5 heteroatoms. The molecule has 1 aliphatic carbocycles. The first-order valence-electron chi connectivity index (χ1n) is 6.67. The number of carbonyl (C=O) groups excluding carboxylic acids is 1. The van der Waals surface area contributed by atoms with Gasteiger partial charge in [-0.2, -0.15) is 5.10 Å². The van der Waals surface area contributed by atoms with Crippen molar-refractivity contribution in [3.05, 3.63) is 17.0 Å². The second-order valence-electron chi connectivity index (χ2n) is 5.18. The number of hydrogen-bond donors (Lipinski definition) is 1. The summed E-state index contributed by atoms with van der Waals surface area (Å²) in [5, 5.41) is 7.41. The quantitative estimate of drug-likeness (QED) is 0.870. The molecule has 0 bridgehead atoms. The van der Waals surface area contributed by atoms with Crippen molar-refractivity contribution >= 4 is 5.91 Å². The van der Waals surface area contributed by atoms with E-state index >= 15 is 0 Å². The third-order valence-corrected chi connectivity index (χ3v) is 3.86. The average Bonchev–Trinajstić information content (AvgIpc) is 3.06. The lowest BCUT2D eigenvalue weighted by atomic mass is 10.2. The minimum atomic E-state index is -0.234. The molecule has 0 spiro atoms. The van der Waals surface area contributed by atoms with Gasteiger partial charge in [0.05, 0.1) is 12.2 Å². The highest BCUT2D eigenvalue weighted by Gasteiger charge is 2.28. The number of ether oxygens (including phenoxy) is 1. The van der Waals surface area contributed by atoms with Gasteiger partial charge < -0.3 is 9.64 Å². The van der Waals surface area contributed by atoms with Gasteiger partial charge in [0.15, 0.2) is 0 Å². The van der Waals surface area contributed by atoms with Gasteiger partial charge in [-0.15, -0.1) is 0 Å². The van der Waals surface area contributed by atoms with Crippen LogP contribution in [0.3, 0.4) is 0 Å². The first-order valence-corrected chi connectivity index (χ1v) is 6.67. The van der Waals surface area contributed by atoms with Crippen LogP contribution in [0.1, 0.15) is 36.2 Å². The number of aromatic amines is 1. The van der Waals surface area contributed by atoms with Gasteiger partial charge in [0.1, 0.15) is 6.10 Å².